The summed E-state index contributed by atoms with van der Waals surface area (Å²) in [4.78, 5) is 14.5. The molecule has 0 bridgehead atoms. The predicted octanol–water partition coefficient (Wildman–Crippen LogP) is 3.72. The molecular weight excluding hydrogens is 324 g/mol. The number of hydrogen-bond acceptors (Lipinski definition) is 3. The van der Waals surface area contributed by atoms with E-state index < -0.39 is 5.66 Å². The zero-order valence-electron chi connectivity index (χ0n) is 15.5. The maximum Gasteiger partial charge on any atom is 0.241 e. The average Bonchev–Trinajstić information content (AvgIpc) is 3.06. The number of fused-ring (bicyclic) bond motifs is 3. The molecule has 1 amide bonds. The third-order valence-electron chi connectivity index (χ3n) is 5.60. The molecule has 0 saturated carbocycles. The second kappa shape index (κ2) is 5.90. The van der Waals surface area contributed by atoms with Gasteiger partial charge >= 0.3 is 0 Å². The van der Waals surface area contributed by atoms with Crippen LogP contribution in [0.2, 0.25) is 0 Å². The SMILES string of the molecule is CCOc1ccccc1C=CC12NC(=O)CN1c1ccccc1C2(C)C. The van der Waals surface area contributed by atoms with Gasteiger partial charge in [0, 0.05) is 16.7 Å². The molecule has 1 N–H and O–H groups in total. The van der Waals surface area contributed by atoms with E-state index >= 15 is 0 Å². The minimum absolute atomic E-state index is 0.0512. The van der Waals surface area contributed by atoms with Crippen LogP contribution < -0.4 is 15.0 Å². The smallest absolute Gasteiger partial charge is 0.241 e. The van der Waals surface area contributed by atoms with Crippen molar-refractivity contribution in [3.8, 4) is 5.75 Å². The molecule has 2 aliphatic rings. The van der Waals surface area contributed by atoms with E-state index in [2.05, 4.69) is 54.4 Å². The van der Waals surface area contributed by atoms with Gasteiger partial charge in [-0.05, 0) is 30.7 Å². The number of benzene rings is 2. The molecule has 2 aromatic carbocycles. The van der Waals surface area contributed by atoms with Crippen LogP contribution in [0, 0.1) is 0 Å². The van der Waals surface area contributed by atoms with Gasteiger partial charge in [0.05, 0.1) is 13.2 Å². The quantitative estimate of drug-likeness (QED) is 0.915. The number of para-hydroxylation sites is 2. The lowest BCUT2D eigenvalue weighted by molar-refractivity contribution is -0.118. The number of carbonyl (C=O) groups is 1. The molecule has 1 saturated heterocycles. The third-order valence-corrected chi connectivity index (χ3v) is 5.60. The number of ether oxygens (including phenoxy) is 1. The summed E-state index contributed by atoms with van der Waals surface area (Å²) in [6.07, 6.45) is 4.19. The Morgan fingerprint density at radius 3 is 2.69 bits per heavy atom. The maximum atomic E-state index is 12.3. The average molecular weight is 348 g/mol. The standard InChI is InChI=1S/C22H24N2O2/c1-4-26-19-12-8-5-9-16(19)13-14-22-21(2,3)17-10-6-7-11-18(17)24(22)15-20(25)23-22/h5-14H,4,15H2,1-3H3,(H,23,25). The Labute approximate surface area is 154 Å². The van der Waals surface area contributed by atoms with E-state index in [0.29, 0.717) is 13.2 Å². The fourth-order valence-corrected chi connectivity index (χ4v) is 4.26. The van der Waals surface area contributed by atoms with Gasteiger partial charge in [0.2, 0.25) is 5.91 Å². The minimum Gasteiger partial charge on any atom is -0.493 e. The lowest BCUT2D eigenvalue weighted by atomic mass is 9.75. The fraction of sp³-hybridized carbons (Fsp3) is 0.318. The highest BCUT2D eigenvalue weighted by Crippen LogP contribution is 2.52. The van der Waals surface area contributed by atoms with Crippen LogP contribution in [-0.2, 0) is 10.2 Å². The third kappa shape index (κ3) is 2.25. The van der Waals surface area contributed by atoms with Crippen molar-refractivity contribution in [2.24, 2.45) is 0 Å². The first-order chi connectivity index (χ1) is 12.5. The van der Waals surface area contributed by atoms with Gasteiger partial charge in [0.15, 0.2) is 0 Å². The van der Waals surface area contributed by atoms with Gasteiger partial charge in [-0.2, -0.15) is 0 Å². The molecule has 1 fully saturated rings. The van der Waals surface area contributed by atoms with Gasteiger partial charge in [-0.1, -0.05) is 56.3 Å². The molecule has 2 aromatic rings. The molecule has 0 radical (unpaired) electrons. The number of carbonyl (C=O) groups excluding carboxylic acids is 1. The van der Waals surface area contributed by atoms with Crippen LogP contribution in [0.3, 0.4) is 0 Å². The first kappa shape index (κ1) is 16.7. The summed E-state index contributed by atoms with van der Waals surface area (Å²) in [6.45, 7) is 7.36. The molecule has 4 nitrogen and oxygen atoms in total. The summed E-state index contributed by atoms with van der Waals surface area (Å²) in [6, 6.07) is 16.3. The van der Waals surface area contributed by atoms with Crippen molar-refractivity contribution in [3.63, 3.8) is 0 Å². The van der Waals surface area contributed by atoms with Crippen molar-refractivity contribution in [1.29, 1.82) is 0 Å². The summed E-state index contributed by atoms with van der Waals surface area (Å²) in [5, 5.41) is 3.25. The fourth-order valence-electron chi connectivity index (χ4n) is 4.26. The molecule has 4 rings (SSSR count). The van der Waals surface area contributed by atoms with Crippen molar-refractivity contribution >= 4 is 17.7 Å². The molecule has 134 valence electrons. The van der Waals surface area contributed by atoms with Crippen molar-refractivity contribution in [1.82, 2.24) is 5.32 Å². The Morgan fingerprint density at radius 2 is 1.88 bits per heavy atom. The zero-order chi connectivity index (χ0) is 18.4. The summed E-state index contributed by atoms with van der Waals surface area (Å²) in [7, 11) is 0. The van der Waals surface area contributed by atoms with Gasteiger partial charge in [0.25, 0.3) is 0 Å². The summed E-state index contributed by atoms with van der Waals surface area (Å²) < 4.78 is 5.74. The van der Waals surface area contributed by atoms with E-state index in [1.807, 2.05) is 37.3 Å². The molecule has 1 atom stereocenters. The van der Waals surface area contributed by atoms with Crippen molar-refractivity contribution in [2.45, 2.75) is 31.8 Å². The molecule has 26 heavy (non-hydrogen) atoms. The first-order valence-corrected chi connectivity index (χ1v) is 9.09. The maximum absolute atomic E-state index is 12.3. The number of nitrogens with one attached hydrogen (secondary N) is 1. The van der Waals surface area contributed by atoms with Gasteiger partial charge in [-0.3, -0.25) is 4.79 Å². The summed E-state index contributed by atoms with van der Waals surface area (Å²) >= 11 is 0. The molecular formula is C22H24N2O2. The number of nitrogens with zero attached hydrogens (tertiary/aromatic N) is 1. The van der Waals surface area contributed by atoms with Gasteiger partial charge in [0.1, 0.15) is 11.4 Å². The van der Waals surface area contributed by atoms with Crippen molar-refractivity contribution < 1.29 is 9.53 Å². The van der Waals surface area contributed by atoms with Crippen LogP contribution >= 0.6 is 0 Å². The Balaban J connectivity index is 1.81. The largest absolute Gasteiger partial charge is 0.493 e. The zero-order valence-corrected chi connectivity index (χ0v) is 15.5. The highest BCUT2D eigenvalue weighted by Gasteiger charge is 2.59. The number of hydrogen-bond donors (Lipinski definition) is 1. The molecule has 1 unspecified atom stereocenters. The molecule has 0 aliphatic carbocycles. The molecule has 2 heterocycles. The van der Waals surface area contributed by atoms with Gasteiger partial charge in [-0.15, -0.1) is 0 Å². The summed E-state index contributed by atoms with van der Waals surface area (Å²) in [5.74, 6) is 0.905. The second-order valence-corrected chi connectivity index (χ2v) is 7.35. The minimum atomic E-state index is -0.576. The number of rotatable bonds is 4. The van der Waals surface area contributed by atoms with E-state index in [9.17, 15) is 4.79 Å². The lowest BCUT2D eigenvalue weighted by Crippen LogP contribution is -2.58. The molecule has 0 aromatic heterocycles. The Bertz CT molecular complexity index is 887. The summed E-state index contributed by atoms with van der Waals surface area (Å²) in [5.41, 5.74) is 2.55. The van der Waals surface area contributed by atoms with Crippen molar-refractivity contribution in [3.05, 3.63) is 65.7 Å². The van der Waals surface area contributed by atoms with Crippen LogP contribution in [0.15, 0.2) is 54.6 Å². The van der Waals surface area contributed by atoms with Crippen LogP contribution in [0.4, 0.5) is 5.69 Å². The van der Waals surface area contributed by atoms with Crippen LogP contribution in [0.25, 0.3) is 6.08 Å². The van der Waals surface area contributed by atoms with Crippen LogP contribution in [0.5, 0.6) is 5.75 Å². The monoisotopic (exact) mass is 348 g/mol. The molecule has 2 aliphatic heterocycles. The molecule has 4 heteroatoms. The number of anilines is 1. The normalized spacial score (nSPS) is 23.0. The van der Waals surface area contributed by atoms with Crippen LogP contribution in [0.1, 0.15) is 31.9 Å². The first-order valence-electron chi connectivity index (χ1n) is 9.09. The lowest BCUT2D eigenvalue weighted by Gasteiger charge is -2.40. The van der Waals surface area contributed by atoms with E-state index in [1.54, 1.807) is 0 Å². The van der Waals surface area contributed by atoms with Crippen LogP contribution in [-0.4, -0.2) is 24.7 Å². The molecule has 0 spiro atoms. The van der Waals surface area contributed by atoms with E-state index in [1.165, 1.54) is 5.56 Å². The van der Waals surface area contributed by atoms with E-state index in [0.717, 1.165) is 17.0 Å². The Kier molecular flexibility index (Phi) is 3.79. The number of amides is 1. The van der Waals surface area contributed by atoms with E-state index in [4.69, 9.17) is 4.74 Å². The topological polar surface area (TPSA) is 41.6 Å². The van der Waals surface area contributed by atoms with Gasteiger partial charge < -0.3 is 15.0 Å². The second-order valence-electron chi connectivity index (χ2n) is 7.35. The highest BCUT2D eigenvalue weighted by atomic mass is 16.5. The Morgan fingerprint density at radius 1 is 1.15 bits per heavy atom. The Hall–Kier alpha value is -2.75. The van der Waals surface area contributed by atoms with Crippen molar-refractivity contribution in [2.75, 3.05) is 18.1 Å². The van der Waals surface area contributed by atoms with Gasteiger partial charge in [-0.25, -0.2) is 0 Å². The predicted molar refractivity (Wildman–Crippen MR) is 104 cm³/mol. The highest BCUT2D eigenvalue weighted by molar-refractivity contribution is 5.91. The van der Waals surface area contributed by atoms with E-state index in [-0.39, 0.29) is 11.3 Å².